The maximum Gasteiger partial charge on any atom is 0.264 e. The molecule has 6 heteroatoms. The van der Waals surface area contributed by atoms with E-state index in [4.69, 9.17) is 4.55 Å². The van der Waals surface area contributed by atoms with Gasteiger partial charge in [0.15, 0.2) is 0 Å². The van der Waals surface area contributed by atoms with Gasteiger partial charge in [0.25, 0.3) is 10.1 Å². The summed E-state index contributed by atoms with van der Waals surface area (Å²) in [5, 5.41) is 2.02. The molecule has 2 rings (SSSR count). The Morgan fingerprint density at radius 3 is 2.00 bits per heavy atom. The Morgan fingerprint density at radius 1 is 1.08 bits per heavy atom. The van der Waals surface area contributed by atoms with Crippen LogP contribution in [-0.2, 0) is 21.3 Å². The van der Waals surface area contributed by atoms with Crippen LogP contribution < -0.4 is 0 Å². The molecule has 0 radical (unpaired) electrons. The standard InChI is InChI=1S/C10H14OS.C5H10.C4H10O3S/c1-2-3-5-9(11)8-10-6-4-7-12-10;1-2-4-5-3-1;1-2-3-4-8(5,6)7/h4,6-7H,2-3,5,8H2,1H3;1-5H2;2-4H2,1H3,(H,5,6,7). The second-order valence-electron chi connectivity index (χ2n) is 6.31. The highest BCUT2D eigenvalue weighted by molar-refractivity contribution is 7.85. The Kier molecular flexibility index (Phi) is 15.1. The van der Waals surface area contributed by atoms with Gasteiger partial charge in [-0.1, -0.05) is 64.9 Å². The summed E-state index contributed by atoms with van der Waals surface area (Å²) in [4.78, 5) is 12.5. The van der Waals surface area contributed by atoms with Gasteiger partial charge in [-0.15, -0.1) is 11.3 Å². The zero-order chi connectivity index (χ0) is 19.0. The molecule has 1 aromatic rings. The highest BCUT2D eigenvalue weighted by atomic mass is 32.2. The summed E-state index contributed by atoms with van der Waals surface area (Å²) in [7, 11) is -3.69. The van der Waals surface area contributed by atoms with Crippen molar-refractivity contribution in [3.05, 3.63) is 22.4 Å². The Morgan fingerprint density at radius 2 is 1.64 bits per heavy atom. The van der Waals surface area contributed by atoms with Gasteiger partial charge in [-0.25, -0.2) is 0 Å². The lowest BCUT2D eigenvalue weighted by Gasteiger charge is -1.95. The van der Waals surface area contributed by atoms with E-state index in [1.807, 2.05) is 24.4 Å². The highest BCUT2D eigenvalue weighted by Gasteiger charge is 2.03. The van der Waals surface area contributed by atoms with Gasteiger partial charge in [0, 0.05) is 17.7 Å². The molecule has 1 N–H and O–H groups in total. The SMILES string of the molecule is C1CCCC1.CCCCC(=O)Cc1cccs1.CCCCS(=O)(=O)O. The molecular formula is C19H34O4S2. The largest absolute Gasteiger partial charge is 0.299 e. The zero-order valence-corrected chi connectivity index (χ0v) is 17.3. The van der Waals surface area contributed by atoms with Crippen molar-refractivity contribution < 1.29 is 17.8 Å². The molecule has 0 spiro atoms. The quantitative estimate of drug-likeness (QED) is 0.580. The van der Waals surface area contributed by atoms with Gasteiger partial charge in [-0.05, 0) is 24.3 Å². The van der Waals surface area contributed by atoms with Crippen molar-refractivity contribution in [3.63, 3.8) is 0 Å². The summed E-state index contributed by atoms with van der Waals surface area (Å²) in [5.41, 5.74) is 0. The lowest BCUT2D eigenvalue weighted by molar-refractivity contribution is -0.118. The molecule has 146 valence electrons. The molecular weight excluding hydrogens is 356 g/mol. The van der Waals surface area contributed by atoms with Gasteiger partial charge in [0.1, 0.15) is 5.78 Å². The molecule has 4 nitrogen and oxygen atoms in total. The third-order valence-electron chi connectivity index (χ3n) is 3.77. The van der Waals surface area contributed by atoms with Crippen LogP contribution in [0.5, 0.6) is 0 Å². The summed E-state index contributed by atoms with van der Waals surface area (Å²) >= 11 is 1.66. The molecule has 1 heterocycles. The lowest BCUT2D eigenvalue weighted by atomic mass is 10.1. The lowest BCUT2D eigenvalue weighted by Crippen LogP contribution is -2.02. The average molecular weight is 391 g/mol. The fourth-order valence-corrected chi connectivity index (χ4v) is 3.67. The number of carbonyl (C=O) groups is 1. The second-order valence-corrected chi connectivity index (χ2v) is 8.91. The van der Waals surface area contributed by atoms with Crippen molar-refractivity contribution in [2.45, 2.75) is 84.5 Å². The van der Waals surface area contributed by atoms with E-state index in [0.717, 1.165) is 25.7 Å². The molecule has 1 aromatic heterocycles. The number of thiophene rings is 1. The van der Waals surface area contributed by atoms with E-state index in [2.05, 4.69) is 6.92 Å². The Hall–Kier alpha value is -0.720. The molecule has 0 atom stereocenters. The van der Waals surface area contributed by atoms with Gasteiger partial charge in [-0.2, -0.15) is 8.42 Å². The molecule has 0 amide bonds. The summed E-state index contributed by atoms with van der Waals surface area (Å²) in [6.07, 6.45) is 12.4. The minimum absolute atomic E-state index is 0.108. The van der Waals surface area contributed by atoms with Crippen molar-refractivity contribution in [3.8, 4) is 0 Å². The number of Topliss-reactive ketones (excluding diaryl/α,β-unsaturated/α-hetero) is 1. The van der Waals surface area contributed by atoms with E-state index in [1.54, 1.807) is 11.3 Å². The molecule has 0 saturated heterocycles. The third-order valence-corrected chi connectivity index (χ3v) is 5.45. The van der Waals surface area contributed by atoms with Gasteiger partial charge < -0.3 is 0 Å². The Balaban J connectivity index is 0.000000380. The summed E-state index contributed by atoms with van der Waals surface area (Å²) < 4.78 is 28.0. The fourth-order valence-electron chi connectivity index (χ4n) is 2.28. The Bertz CT molecular complexity index is 510. The molecule has 0 aliphatic heterocycles. The van der Waals surface area contributed by atoms with Gasteiger partial charge >= 0.3 is 0 Å². The topological polar surface area (TPSA) is 71.4 Å². The van der Waals surface area contributed by atoms with Crippen molar-refractivity contribution >= 4 is 27.2 Å². The molecule has 0 bridgehead atoms. The van der Waals surface area contributed by atoms with E-state index < -0.39 is 10.1 Å². The molecule has 1 aliphatic rings. The van der Waals surface area contributed by atoms with Crippen LogP contribution in [0.4, 0.5) is 0 Å². The van der Waals surface area contributed by atoms with E-state index >= 15 is 0 Å². The maximum atomic E-state index is 11.3. The number of rotatable bonds is 8. The minimum atomic E-state index is -3.69. The van der Waals surface area contributed by atoms with Crippen LogP contribution in [0.1, 0.15) is 82.9 Å². The monoisotopic (exact) mass is 390 g/mol. The van der Waals surface area contributed by atoms with E-state index in [9.17, 15) is 13.2 Å². The van der Waals surface area contributed by atoms with Crippen molar-refractivity contribution in [1.82, 2.24) is 0 Å². The normalized spacial score (nSPS) is 13.4. The molecule has 1 fully saturated rings. The zero-order valence-electron chi connectivity index (χ0n) is 15.7. The van der Waals surface area contributed by atoms with Gasteiger partial charge in [0.2, 0.25) is 0 Å². The van der Waals surface area contributed by atoms with Crippen LogP contribution in [0.3, 0.4) is 0 Å². The van der Waals surface area contributed by atoms with Crippen molar-refractivity contribution in [2.75, 3.05) is 5.75 Å². The van der Waals surface area contributed by atoms with Crippen molar-refractivity contribution in [1.29, 1.82) is 0 Å². The molecule has 1 aliphatic carbocycles. The molecule has 1 saturated carbocycles. The first-order valence-corrected chi connectivity index (χ1v) is 11.9. The first-order valence-electron chi connectivity index (χ1n) is 9.38. The number of hydrogen-bond donors (Lipinski definition) is 1. The summed E-state index contributed by atoms with van der Waals surface area (Å²) in [6.45, 7) is 3.98. The smallest absolute Gasteiger partial charge is 0.264 e. The summed E-state index contributed by atoms with van der Waals surface area (Å²) in [6, 6.07) is 4.02. The first-order chi connectivity index (χ1) is 11.9. The van der Waals surface area contributed by atoms with Crippen LogP contribution in [-0.4, -0.2) is 24.5 Å². The number of carbonyl (C=O) groups excluding carboxylic acids is 1. The van der Waals surface area contributed by atoms with Crippen molar-refractivity contribution in [2.24, 2.45) is 0 Å². The van der Waals surface area contributed by atoms with Crippen LogP contribution >= 0.6 is 11.3 Å². The van der Waals surface area contributed by atoms with Gasteiger partial charge in [-0.3, -0.25) is 9.35 Å². The fraction of sp³-hybridized carbons (Fsp3) is 0.737. The summed E-state index contributed by atoms with van der Waals surface area (Å²) in [5.74, 6) is 0.267. The second kappa shape index (κ2) is 15.5. The van der Waals surface area contributed by atoms with Gasteiger partial charge in [0.05, 0.1) is 5.75 Å². The predicted molar refractivity (Wildman–Crippen MR) is 107 cm³/mol. The predicted octanol–water partition coefficient (Wildman–Crippen LogP) is 5.67. The van der Waals surface area contributed by atoms with E-state index in [0.29, 0.717) is 18.6 Å². The van der Waals surface area contributed by atoms with Crippen LogP contribution in [0.15, 0.2) is 17.5 Å². The first kappa shape index (κ1) is 24.3. The average Bonchev–Trinajstić information content (AvgIpc) is 3.27. The number of ketones is 1. The minimum Gasteiger partial charge on any atom is -0.299 e. The highest BCUT2D eigenvalue weighted by Crippen LogP contribution is 2.15. The van der Waals surface area contributed by atoms with Crippen LogP contribution in [0.2, 0.25) is 0 Å². The number of unbranched alkanes of at least 4 members (excludes halogenated alkanes) is 2. The maximum absolute atomic E-state index is 11.3. The Labute approximate surface area is 157 Å². The van der Waals surface area contributed by atoms with E-state index in [1.165, 1.54) is 37.0 Å². The number of hydrogen-bond acceptors (Lipinski definition) is 4. The third kappa shape index (κ3) is 17.9. The molecule has 25 heavy (non-hydrogen) atoms. The molecule has 0 unspecified atom stereocenters. The molecule has 0 aromatic carbocycles. The van der Waals surface area contributed by atoms with E-state index in [-0.39, 0.29) is 5.75 Å². The van der Waals surface area contributed by atoms with Crippen LogP contribution in [0.25, 0.3) is 0 Å². The van der Waals surface area contributed by atoms with Crippen LogP contribution in [0, 0.1) is 0 Å².